The Labute approximate surface area is 88.4 Å². The molecule has 0 atom stereocenters. The Kier molecular flexibility index (Phi) is 12.2. The molecule has 0 aliphatic heterocycles. The van der Waals surface area contributed by atoms with Gasteiger partial charge in [0.05, 0.1) is 6.61 Å². The van der Waals surface area contributed by atoms with E-state index >= 15 is 0 Å². The van der Waals surface area contributed by atoms with Crippen LogP contribution < -0.4 is 0 Å². The first kappa shape index (κ1) is 12.5. The van der Waals surface area contributed by atoms with Gasteiger partial charge in [0.2, 0.25) is 0 Å². The first-order valence-corrected chi connectivity index (χ1v) is 2.96. The molecule has 0 unspecified atom stereocenters. The fourth-order valence-corrected chi connectivity index (χ4v) is 0.437. The average Bonchev–Trinajstić information content (AvgIpc) is 1.68. The van der Waals surface area contributed by atoms with Gasteiger partial charge in [0.1, 0.15) is 0 Å². The fraction of sp³-hybridized carbons (Fsp3) is 0.833. The summed E-state index contributed by atoms with van der Waals surface area (Å²) in [4.78, 5) is 10.4. The third-order valence-corrected chi connectivity index (χ3v) is 0.759. The van der Waals surface area contributed by atoms with E-state index in [2.05, 4.69) is 4.74 Å². The summed E-state index contributed by atoms with van der Waals surface area (Å²) in [7, 11) is 0. The Bertz CT molecular complexity index is 65.5. The second-order valence-electron chi connectivity index (χ2n) is 1.56. The van der Waals surface area contributed by atoms with Crippen LogP contribution in [-0.4, -0.2) is 12.6 Å². The average molecular weight is 267 g/mol. The van der Waals surface area contributed by atoms with Gasteiger partial charge in [-0.3, -0.25) is 4.79 Å². The van der Waals surface area contributed by atoms with Crippen LogP contribution in [0.4, 0.5) is 0 Å². The van der Waals surface area contributed by atoms with E-state index in [0.717, 1.165) is 6.42 Å². The molecule has 0 fully saturated rings. The van der Waals surface area contributed by atoms with Crippen LogP contribution in [0, 0.1) is 40.4 Å². The standard InChI is InChI=1S/C6H12O2.Sm/c1-3-5-6(7)8-4-2;/h3-5H2,1-2H3;. The molecule has 3 heteroatoms. The molecule has 0 aromatic rings. The van der Waals surface area contributed by atoms with Crippen molar-refractivity contribution in [3.05, 3.63) is 0 Å². The third-order valence-electron chi connectivity index (χ3n) is 0.759. The zero-order chi connectivity index (χ0) is 6.41. The summed E-state index contributed by atoms with van der Waals surface area (Å²) in [6, 6.07) is 0. The Morgan fingerprint density at radius 1 is 1.44 bits per heavy atom. The van der Waals surface area contributed by atoms with Gasteiger partial charge in [-0.1, -0.05) is 6.92 Å². The molecule has 0 saturated heterocycles. The van der Waals surface area contributed by atoms with Crippen molar-refractivity contribution in [3.63, 3.8) is 0 Å². The predicted molar refractivity (Wildman–Crippen MR) is 31.5 cm³/mol. The molecule has 0 saturated carbocycles. The van der Waals surface area contributed by atoms with Crippen LogP contribution in [0.5, 0.6) is 0 Å². The smallest absolute Gasteiger partial charge is 0.305 e. The minimum absolute atomic E-state index is 0. The van der Waals surface area contributed by atoms with Gasteiger partial charge in [0, 0.05) is 46.8 Å². The van der Waals surface area contributed by atoms with E-state index in [9.17, 15) is 4.79 Å². The van der Waals surface area contributed by atoms with Gasteiger partial charge in [-0.25, -0.2) is 0 Å². The summed E-state index contributed by atoms with van der Waals surface area (Å²) in [5.41, 5.74) is 0. The maximum atomic E-state index is 10.4. The molecule has 9 heavy (non-hydrogen) atoms. The molecule has 0 radical (unpaired) electrons. The molecule has 0 aliphatic carbocycles. The normalized spacial score (nSPS) is 7.78. The second-order valence-corrected chi connectivity index (χ2v) is 1.56. The van der Waals surface area contributed by atoms with Crippen LogP contribution in [-0.2, 0) is 9.53 Å². The zero-order valence-electron chi connectivity index (χ0n) is 5.85. The largest absolute Gasteiger partial charge is 0.466 e. The van der Waals surface area contributed by atoms with E-state index in [-0.39, 0.29) is 46.4 Å². The molecular weight excluding hydrogens is 254 g/mol. The molecule has 0 aliphatic rings. The minimum atomic E-state index is -0.0880. The summed E-state index contributed by atoms with van der Waals surface area (Å²) in [6.07, 6.45) is 1.42. The van der Waals surface area contributed by atoms with Crippen molar-refractivity contribution < 1.29 is 49.9 Å². The zero-order valence-corrected chi connectivity index (χ0v) is 8.47. The van der Waals surface area contributed by atoms with Gasteiger partial charge in [-0.2, -0.15) is 0 Å². The first-order chi connectivity index (χ1) is 3.81. The molecule has 0 spiro atoms. The van der Waals surface area contributed by atoms with E-state index < -0.39 is 0 Å². The van der Waals surface area contributed by atoms with Gasteiger partial charge in [0.25, 0.3) is 0 Å². The first-order valence-electron chi connectivity index (χ1n) is 2.96. The minimum Gasteiger partial charge on any atom is -0.466 e. The molecule has 0 rings (SSSR count). The molecule has 54 valence electrons. The topological polar surface area (TPSA) is 26.3 Å². The van der Waals surface area contributed by atoms with Gasteiger partial charge in [-0.15, -0.1) is 0 Å². The van der Waals surface area contributed by atoms with E-state index in [4.69, 9.17) is 0 Å². The Morgan fingerprint density at radius 3 is 2.33 bits per heavy atom. The van der Waals surface area contributed by atoms with Gasteiger partial charge >= 0.3 is 5.97 Å². The van der Waals surface area contributed by atoms with Crippen LogP contribution in [0.25, 0.3) is 0 Å². The van der Waals surface area contributed by atoms with E-state index in [1.807, 2.05) is 13.8 Å². The van der Waals surface area contributed by atoms with Crippen molar-refractivity contribution in [3.8, 4) is 0 Å². The number of rotatable bonds is 3. The van der Waals surface area contributed by atoms with Gasteiger partial charge < -0.3 is 4.74 Å². The fourth-order valence-electron chi connectivity index (χ4n) is 0.437. The quantitative estimate of drug-likeness (QED) is 0.721. The van der Waals surface area contributed by atoms with Crippen molar-refractivity contribution >= 4 is 5.97 Å². The summed E-state index contributed by atoms with van der Waals surface area (Å²) in [6.45, 7) is 4.27. The number of carbonyl (C=O) groups is 1. The molecule has 2 nitrogen and oxygen atoms in total. The third kappa shape index (κ3) is 8.81. The van der Waals surface area contributed by atoms with Crippen LogP contribution in [0.15, 0.2) is 0 Å². The molecule has 0 N–H and O–H groups in total. The summed E-state index contributed by atoms with van der Waals surface area (Å²) in [5.74, 6) is -0.0880. The van der Waals surface area contributed by atoms with Crippen molar-refractivity contribution in [1.82, 2.24) is 0 Å². The van der Waals surface area contributed by atoms with E-state index in [1.165, 1.54) is 0 Å². The van der Waals surface area contributed by atoms with E-state index in [0.29, 0.717) is 13.0 Å². The molecule has 0 amide bonds. The van der Waals surface area contributed by atoms with Gasteiger partial charge in [-0.05, 0) is 13.3 Å². The molecular formula is C6H12O2Sm. The Morgan fingerprint density at radius 2 is 2.00 bits per heavy atom. The number of carbonyl (C=O) groups excluding carboxylic acids is 1. The Balaban J connectivity index is 0. The van der Waals surface area contributed by atoms with Crippen LogP contribution in [0.1, 0.15) is 26.7 Å². The monoisotopic (exact) mass is 268 g/mol. The van der Waals surface area contributed by atoms with Crippen LogP contribution in [0.2, 0.25) is 0 Å². The maximum absolute atomic E-state index is 10.4. The Hall–Kier alpha value is 0.808. The molecule has 0 heterocycles. The molecule has 0 bridgehead atoms. The van der Waals surface area contributed by atoms with Crippen molar-refractivity contribution in [2.24, 2.45) is 0 Å². The maximum Gasteiger partial charge on any atom is 0.305 e. The van der Waals surface area contributed by atoms with Crippen molar-refractivity contribution in [1.29, 1.82) is 0 Å². The van der Waals surface area contributed by atoms with Crippen LogP contribution in [0.3, 0.4) is 0 Å². The SMILES string of the molecule is CCCC(=O)OCC.[Sm]. The second kappa shape index (κ2) is 8.81. The predicted octanol–water partition coefficient (Wildman–Crippen LogP) is 1.35. The van der Waals surface area contributed by atoms with Crippen molar-refractivity contribution in [2.75, 3.05) is 6.61 Å². The number of esters is 1. The van der Waals surface area contributed by atoms with Crippen LogP contribution >= 0.6 is 0 Å². The number of hydrogen-bond acceptors (Lipinski definition) is 2. The molecule has 0 aromatic carbocycles. The van der Waals surface area contributed by atoms with Crippen molar-refractivity contribution in [2.45, 2.75) is 26.7 Å². The number of ether oxygens (including phenoxy) is 1. The van der Waals surface area contributed by atoms with E-state index in [1.54, 1.807) is 0 Å². The number of hydrogen-bond donors (Lipinski definition) is 0. The summed E-state index contributed by atoms with van der Waals surface area (Å²) < 4.78 is 4.64. The molecule has 0 aromatic heterocycles. The van der Waals surface area contributed by atoms with Gasteiger partial charge in [0.15, 0.2) is 0 Å². The summed E-state index contributed by atoms with van der Waals surface area (Å²) in [5, 5.41) is 0. The summed E-state index contributed by atoms with van der Waals surface area (Å²) >= 11 is 0.